The van der Waals surface area contributed by atoms with E-state index in [4.69, 9.17) is 6.48 Å². The van der Waals surface area contributed by atoms with Crippen LogP contribution < -0.4 is 0 Å². The zero-order valence-corrected chi connectivity index (χ0v) is 17.8. The summed E-state index contributed by atoms with van der Waals surface area (Å²) in [6.45, 7) is 3.16. The molecular weight excluding hydrogens is 474 g/mol. The molecule has 0 radical (unpaired) electrons. The second-order valence-electron chi connectivity index (χ2n) is 4.11. The smallest absolute Gasteiger partial charge is 0.329 e. The Morgan fingerprint density at radius 1 is 1.07 bits per heavy atom. The summed E-state index contributed by atoms with van der Waals surface area (Å²) < 4.78 is 20.7. The van der Waals surface area contributed by atoms with Gasteiger partial charge in [0.15, 0.2) is 0 Å². The first-order valence-electron chi connectivity index (χ1n) is 8.24. The Bertz CT molecular complexity index is 650. The molecule has 2 aromatic carbocycles. The van der Waals surface area contributed by atoms with Gasteiger partial charge in [-0.1, -0.05) is 69.9 Å². The summed E-state index contributed by atoms with van der Waals surface area (Å²) >= 11 is 2.28. The van der Waals surface area contributed by atoms with Crippen molar-refractivity contribution in [1.29, 1.82) is 0 Å². The molecule has 0 spiro atoms. The van der Waals surface area contributed by atoms with Crippen LogP contribution in [0.2, 0.25) is 0 Å². The lowest BCUT2D eigenvalue weighted by Gasteiger charge is -1.87. The third-order valence-corrected chi connectivity index (χ3v) is 3.04. The third kappa shape index (κ3) is 23.5. The van der Waals surface area contributed by atoms with Crippen molar-refractivity contribution in [2.45, 2.75) is 14.8 Å². The van der Waals surface area contributed by atoms with E-state index in [0.29, 0.717) is 7.18 Å². The Labute approximate surface area is 183 Å². The van der Waals surface area contributed by atoms with Crippen molar-refractivity contribution in [3.8, 4) is 0 Å². The number of aliphatic carboxylic acids is 1. The fourth-order valence-electron chi connectivity index (χ4n) is 1.23. The second kappa shape index (κ2) is 24.5. The van der Waals surface area contributed by atoms with E-state index in [1.165, 1.54) is 18.1 Å². The van der Waals surface area contributed by atoms with Gasteiger partial charge in [0, 0.05) is 17.1 Å². The number of hydrogen-bond acceptors (Lipinski definition) is 3. The van der Waals surface area contributed by atoms with Crippen molar-refractivity contribution in [3.63, 3.8) is 0 Å². The molecule has 156 valence electrons. The average Bonchev–Trinajstić information content (AvgIpc) is 2.76. The van der Waals surface area contributed by atoms with Crippen molar-refractivity contribution in [3.05, 3.63) is 88.5 Å². The lowest BCUT2D eigenvalue weighted by molar-refractivity contribution is -0.135. The molecule has 0 amide bonds. The molecule has 0 heterocycles. The number of ether oxygens (including phenoxy) is 1. The highest BCUT2D eigenvalue weighted by molar-refractivity contribution is 14.1. The molecule has 0 saturated heterocycles. The molecule has 0 bridgehead atoms. The Hall–Kier alpha value is -2.48. The molecule has 4 nitrogen and oxygen atoms in total. The number of rotatable bonds is 3. The minimum atomic E-state index is -0.922. The monoisotopic (exact) mass is 505 g/mol. The minimum Gasteiger partial charge on any atom is -0.478 e. The van der Waals surface area contributed by atoms with Crippen LogP contribution in [0, 0.1) is 3.57 Å². The van der Waals surface area contributed by atoms with Crippen LogP contribution in [-0.2, 0) is 14.3 Å². The standard InChI is InChI=1S/C9H8O2.C6H5I.C4H6O2.CH3F.2CH4/c10-9(11)7-6-8-4-2-1-3-5-8;7-6-4-2-1-3-5-6;1-3-4(5)6-2;1-2;;/h1-7H,(H,10,11);1-5H;3H,1H2,2H3;1H3;2*1H4/b7-6+;;;;;/i;;;;1D;. The number of benzene rings is 2. The van der Waals surface area contributed by atoms with Gasteiger partial charge in [-0.3, -0.25) is 4.39 Å². The van der Waals surface area contributed by atoms with Crippen LogP contribution in [0.1, 0.15) is 21.8 Å². The topological polar surface area (TPSA) is 63.6 Å². The summed E-state index contributed by atoms with van der Waals surface area (Å²) in [5.74, 6) is -1.32. The molecule has 0 fully saturated rings. The van der Waals surface area contributed by atoms with Crippen LogP contribution in [0.5, 0.6) is 0 Å². The van der Waals surface area contributed by atoms with E-state index in [2.05, 4.69) is 46.0 Å². The largest absolute Gasteiger partial charge is 0.478 e. The second-order valence-corrected chi connectivity index (χ2v) is 5.35. The molecule has 0 saturated carbocycles. The number of carboxylic acids is 1. The number of carbonyl (C=O) groups excluding carboxylic acids is 1. The summed E-state index contributed by atoms with van der Waals surface area (Å²) in [5.41, 5.74) is 0.898. The average molecular weight is 505 g/mol. The number of carbonyl (C=O) groups is 2. The van der Waals surface area contributed by atoms with E-state index >= 15 is 0 Å². The maximum Gasteiger partial charge on any atom is 0.329 e. The normalized spacial score (nSPS) is 8.11. The SMILES string of the molecule is C.C=CC(=O)OC.CF.Ic1ccccc1.O=C(O)/C=C/c1ccccc1.[2H]C. The van der Waals surface area contributed by atoms with Gasteiger partial charge in [-0.05, 0) is 46.4 Å². The predicted octanol–water partition coefficient (Wildman–Crippen LogP) is 6.28. The molecule has 0 atom stereocenters. The van der Waals surface area contributed by atoms with Crippen molar-refractivity contribution in [2.75, 3.05) is 14.3 Å². The van der Waals surface area contributed by atoms with Crippen LogP contribution in [-0.4, -0.2) is 31.3 Å². The maximum atomic E-state index is 10.1. The summed E-state index contributed by atoms with van der Waals surface area (Å²) in [4.78, 5) is 19.9. The van der Waals surface area contributed by atoms with Gasteiger partial charge in [0.25, 0.3) is 0 Å². The third-order valence-electron chi connectivity index (χ3n) is 2.32. The summed E-state index contributed by atoms with van der Waals surface area (Å²) in [5, 5.41) is 8.29. The predicted molar refractivity (Wildman–Crippen MR) is 125 cm³/mol. The van der Waals surface area contributed by atoms with Gasteiger partial charge in [-0.2, -0.15) is 0 Å². The molecule has 2 rings (SSSR count). The van der Waals surface area contributed by atoms with Crippen LogP contribution >= 0.6 is 22.6 Å². The Morgan fingerprint density at radius 3 is 1.75 bits per heavy atom. The van der Waals surface area contributed by atoms with Crippen LogP contribution in [0.4, 0.5) is 4.39 Å². The number of esters is 1. The quantitative estimate of drug-likeness (QED) is 0.303. The highest BCUT2D eigenvalue weighted by atomic mass is 127. The van der Waals surface area contributed by atoms with Crippen LogP contribution in [0.25, 0.3) is 6.08 Å². The molecular formula is C22H30FIO4. The molecule has 1 N–H and O–H groups in total. The van der Waals surface area contributed by atoms with Gasteiger partial charge in [-0.25, -0.2) is 9.59 Å². The fraction of sp³-hybridized carbons (Fsp3) is 0.182. The van der Waals surface area contributed by atoms with Gasteiger partial charge in [-0.15, -0.1) is 0 Å². The van der Waals surface area contributed by atoms with Crippen molar-refractivity contribution < 1.29 is 25.2 Å². The molecule has 6 heteroatoms. The first kappa shape index (κ1) is 30.3. The van der Waals surface area contributed by atoms with Gasteiger partial charge in [0.05, 0.1) is 14.3 Å². The molecule has 0 unspecified atom stereocenters. The minimum absolute atomic E-state index is 0. The van der Waals surface area contributed by atoms with Gasteiger partial charge in [0.1, 0.15) is 0 Å². The number of alkyl halides is 1. The van der Waals surface area contributed by atoms with Gasteiger partial charge < -0.3 is 9.84 Å². The Morgan fingerprint density at radius 2 is 1.50 bits per heavy atom. The number of hydrogen-bond donors (Lipinski definition) is 1. The van der Waals surface area contributed by atoms with E-state index in [0.717, 1.165) is 17.7 Å². The van der Waals surface area contributed by atoms with Crippen molar-refractivity contribution in [1.82, 2.24) is 0 Å². The molecule has 0 aromatic heterocycles. The number of carboxylic acid groups (broad SMARTS) is 1. The zero-order chi connectivity index (χ0) is 22.2. The molecule has 0 aliphatic heterocycles. The lowest BCUT2D eigenvalue weighted by atomic mass is 10.2. The van der Waals surface area contributed by atoms with Crippen LogP contribution in [0.3, 0.4) is 0 Å². The number of methoxy groups -OCH3 is 1. The van der Waals surface area contributed by atoms with Crippen LogP contribution in [0.15, 0.2) is 79.4 Å². The first-order chi connectivity index (χ1) is 13.5. The Kier molecular flexibility index (Phi) is 26.5. The molecule has 0 aliphatic carbocycles. The first-order valence-corrected chi connectivity index (χ1v) is 8.32. The highest BCUT2D eigenvalue weighted by Crippen LogP contribution is 2.00. The van der Waals surface area contributed by atoms with Crippen molar-refractivity contribution in [2.24, 2.45) is 0 Å². The molecule has 28 heavy (non-hydrogen) atoms. The van der Waals surface area contributed by atoms with Gasteiger partial charge >= 0.3 is 11.9 Å². The van der Waals surface area contributed by atoms with E-state index < -0.39 is 11.9 Å². The molecule has 2 aromatic rings. The van der Waals surface area contributed by atoms with E-state index in [9.17, 15) is 14.0 Å². The summed E-state index contributed by atoms with van der Waals surface area (Å²) in [6.07, 6.45) is 3.79. The highest BCUT2D eigenvalue weighted by Gasteiger charge is 1.86. The summed E-state index contributed by atoms with van der Waals surface area (Å²) in [7, 11) is 3.06. The summed E-state index contributed by atoms with van der Waals surface area (Å²) in [6, 6.07) is 19.5. The lowest BCUT2D eigenvalue weighted by Crippen LogP contribution is -1.91. The van der Waals surface area contributed by atoms with E-state index in [-0.39, 0.29) is 7.43 Å². The maximum absolute atomic E-state index is 10.1. The molecule has 0 aliphatic rings. The Balaban J connectivity index is -0.000000153. The number of halogens is 2. The zero-order valence-electron chi connectivity index (χ0n) is 16.6. The van der Waals surface area contributed by atoms with Crippen molar-refractivity contribution >= 4 is 40.6 Å². The van der Waals surface area contributed by atoms with E-state index in [1.54, 1.807) is 6.08 Å². The fourth-order valence-corrected chi connectivity index (χ4v) is 1.64. The van der Waals surface area contributed by atoms with Gasteiger partial charge in [0.2, 0.25) is 0 Å². The van der Waals surface area contributed by atoms with E-state index in [1.807, 2.05) is 48.5 Å².